The first kappa shape index (κ1) is 16.9. The van der Waals surface area contributed by atoms with Crippen LogP contribution in [0.1, 0.15) is 39.8 Å². The molecule has 2 unspecified atom stereocenters. The highest BCUT2D eigenvalue weighted by molar-refractivity contribution is 6.34. The number of carbonyl (C=O) groups is 2. The molecule has 1 aromatic heterocycles. The van der Waals surface area contributed by atoms with Gasteiger partial charge in [-0.3, -0.25) is 4.79 Å². The smallest absolute Gasteiger partial charge is 0.339 e. The molecule has 0 bridgehead atoms. The molecule has 1 aliphatic carbocycles. The van der Waals surface area contributed by atoms with Crippen LogP contribution in [0.5, 0.6) is 0 Å². The lowest BCUT2D eigenvalue weighted by Crippen LogP contribution is -2.24. The van der Waals surface area contributed by atoms with Gasteiger partial charge in [0.25, 0.3) is 0 Å². The summed E-state index contributed by atoms with van der Waals surface area (Å²) in [6.45, 7) is 1.74. The van der Waals surface area contributed by atoms with E-state index in [0.717, 1.165) is 12.0 Å². The quantitative estimate of drug-likeness (QED) is 0.836. The van der Waals surface area contributed by atoms with Gasteiger partial charge in [0.1, 0.15) is 17.1 Å². The van der Waals surface area contributed by atoms with Crippen LogP contribution in [0.3, 0.4) is 0 Å². The Kier molecular flexibility index (Phi) is 4.56. The third kappa shape index (κ3) is 3.57. The SMILES string of the molecule is Cc1oc(CNC(=O)C2CC2c2cc(Cl)cc(Cl)c2)cc1C(=O)O. The zero-order valence-corrected chi connectivity index (χ0v) is 14.3. The molecular formula is C17H15Cl2NO4. The van der Waals surface area contributed by atoms with Crippen molar-refractivity contribution in [3.8, 4) is 0 Å². The van der Waals surface area contributed by atoms with Crippen molar-refractivity contribution in [1.82, 2.24) is 5.32 Å². The molecule has 1 heterocycles. The number of benzene rings is 1. The largest absolute Gasteiger partial charge is 0.478 e. The average Bonchev–Trinajstić information content (AvgIpc) is 3.20. The molecule has 1 fully saturated rings. The molecule has 1 amide bonds. The standard InChI is InChI=1S/C17H15Cl2NO4/c1-8-13(17(22)23)5-12(24-8)7-20-16(21)15-6-14(15)9-2-10(18)4-11(19)3-9/h2-5,14-15H,6-7H2,1H3,(H,20,21)(H,22,23). The molecule has 7 heteroatoms. The van der Waals surface area contributed by atoms with Crippen LogP contribution < -0.4 is 5.32 Å². The van der Waals surface area contributed by atoms with Gasteiger partial charge in [-0.1, -0.05) is 23.2 Å². The Morgan fingerprint density at radius 1 is 1.25 bits per heavy atom. The first-order valence-electron chi connectivity index (χ1n) is 7.41. The van der Waals surface area contributed by atoms with Crippen LogP contribution in [0.15, 0.2) is 28.7 Å². The van der Waals surface area contributed by atoms with Crippen LogP contribution in [0, 0.1) is 12.8 Å². The Morgan fingerprint density at radius 2 is 1.92 bits per heavy atom. The highest BCUT2D eigenvalue weighted by atomic mass is 35.5. The monoisotopic (exact) mass is 367 g/mol. The minimum absolute atomic E-state index is 0.0953. The van der Waals surface area contributed by atoms with Crippen molar-refractivity contribution >= 4 is 35.1 Å². The molecule has 2 atom stereocenters. The molecule has 3 rings (SSSR count). The Balaban J connectivity index is 1.59. The second-order valence-electron chi connectivity index (χ2n) is 5.86. The van der Waals surface area contributed by atoms with Crippen LogP contribution >= 0.6 is 23.2 Å². The molecular weight excluding hydrogens is 353 g/mol. The number of carboxylic acids is 1. The molecule has 0 aliphatic heterocycles. The van der Waals surface area contributed by atoms with Gasteiger partial charge in [-0.25, -0.2) is 4.79 Å². The van der Waals surface area contributed by atoms with E-state index in [1.165, 1.54) is 6.07 Å². The van der Waals surface area contributed by atoms with E-state index in [1.54, 1.807) is 13.0 Å². The summed E-state index contributed by atoms with van der Waals surface area (Å²) in [5.41, 5.74) is 1.06. The van der Waals surface area contributed by atoms with Gasteiger partial charge >= 0.3 is 5.97 Å². The Morgan fingerprint density at radius 3 is 2.50 bits per heavy atom. The van der Waals surface area contributed by atoms with Crippen molar-refractivity contribution in [2.24, 2.45) is 5.92 Å². The van der Waals surface area contributed by atoms with Crippen LogP contribution in [0.25, 0.3) is 0 Å². The van der Waals surface area contributed by atoms with Gasteiger partial charge in [0.05, 0.1) is 6.54 Å². The van der Waals surface area contributed by atoms with E-state index in [2.05, 4.69) is 5.32 Å². The number of nitrogens with one attached hydrogen (secondary N) is 1. The van der Waals surface area contributed by atoms with Gasteiger partial charge in [-0.05, 0) is 49.1 Å². The van der Waals surface area contributed by atoms with E-state index in [-0.39, 0.29) is 29.9 Å². The Hall–Kier alpha value is -1.98. The van der Waals surface area contributed by atoms with Gasteiger partial charge in [-0.15, -0.1) is 0 Å². The van der Waals surface area contributed by atoms with Crippen LogP contribution in [0.2, 0.25) is 10.0 Å². The van der Waals surface area contributed by atoms with Crippen molar-refractivity contribution in [3.63, 3.8) is 0 Å². The molecule has 5 nitrogen and oxygen atoms in total. The van der Waals surface area contributed by atoms with Crippen molar-refractivity contribution in [1.29, 1.82) is 0 Å². The molecule has 0 spiro atoms. The van der Waals surface area contributed by atoms with Gasteiger partial charge < -0.3 is 14.8 Å². The number of rotatable bonds is 5. The minimum atomic E-state index is -1.05. The van der Waals surface area contributed by atoms with E-state index >= 15 is 0 Å². The van der Waals surface area contributed by atoms with Gasteiger partial charge in [-0.2, -0.15) is 0 Å². The van der Waals surface area contributed by atoms with E-state index in [1.807, 2.05) is 12.1 Å². The van der Waals surface area contributed by atoms with E-state index in [4.69, 9.17) is 32.7 Å². The lowest BCUT2D eigenvalue weighted by Gasteiger charge is -2.04. The van der Waals surface area contributed by atoms with Gasteiger partial charge in [0.2, 0.25) is 5.91 Å². The maximum absolute atomic E-state index is 12.2. The fraction of sp³-hybridized carbons (Fsp3) is 0.294. The predicted octanol–water partition coefficient (Wildman–Crippen LogP) is 4.01. The molecule has 1 saturated carbocycles. The number of aromatic carboxylic acids is 1. The first-order valence-corrected chi connectivity index (χ1v) is 8.17. The minimum Gasteiger partial charge on any atom is -0.478 e. The number of amides is 1. The summed E-state index contributed by atoms with van der Waals surface area (Å²) in [5, 5.41) is 12.9. The number of aryl methyl sites for hydroxylation is 1. The highest BCUT2D eigenvalue weighted by Crippen LogP contribution is 2.48. The van der Waals surface area contributed by atoms with Crippen LogP contribution in [-0.2, 0) is 11.3 Å². The van der Waals surface area contributed by atoms with Crippen LogP contribution in [0.4, 0.5) is 0 Å². The molecule has 126 valence electrons. The number of furan rings is 1. The zero-order chi connectivity index (χ0) is 17.4. The molecule has 24 heavy (non-hydrogen) atoms. The molecule has 2 N–H and O–H groups in total. The number of halogens is 2. The van der Waals surface area contributed by atoms with Crippen molar-refractivity contribution in [2.45, 2.75) is 25.8 Å². The predicted molar refractivity (Wildman–Crippen MR) is 89.6 cm³/mol. The normalized spacial score (nSPS) is 19.1. The zero-order valence-electron chi connectivity index (χ0n) is 12.8. The Labute approximate surface area is 148 Å². The second kappa shape index (κ2) is 6.49. The maximum Gasteiger partial charge on any atom is 0.339 e. The lowest BCUT2D eigenvalue weighted by molar-refractivity contribution is -0.122. The van der Waals surface area contributed by atoms with Crippen molar-refractivity contribution < 1.29 is 19.1 Å². The molecule has 1 aliphatic rings. The summed E-state index contributed by atoms with van der Waals surface area (Å²) in [6, 6.07) is 6.73. The summed E-state index contributed by atoms with van der Waals surface area (Å²) in [6.07, 6.45) is 0.736. The number of hydrogen-bond donors (Lipinski definition) is 2. The molecule has 2 aromatic rings. The molecule has 1 aromatic carbocycles. The Bertz CT molecular complexity index is 795. The summed E-state index contributed by atoms with van der Waals surface area (Å²) in [7, 11) is 0. The van der Waals surface area contributed by atoms with E-state index in [0.29, 0.717) is 21.6 Å². The number of carboxylic acid groups (broad SMARTS) is 1. The fourth-order valence-corrected chi connectivity index (χ4v) is 3.33. The lowest BCUT2D eigenvalue weighted by atomic mass is 10.1. The summed E-state index contributed by atoms with van der Waals surface area (Å²) >= 11 is 12.0. The average molecular weight is 368 g/mol. The second-order valence-corrected chi connectivity index (χ2v) is 6.73. The van der Waals surface area contributed by atoms with E-state index < -0.39 is 5.97 Å². The van der Waals surface area contributed by atoms with E-state index in [9.17, 15) is 9.59 Å². The third-order valence-corrected chi connectivity index (χ3v) is 4.51. The molecule has 0 radical (unpaired) electrons. The highest BCUT2D eigenvalue weighted by Gasteiger charge is 2.44. The topological polar surface area (TPSA) is 79.5 Å². The molecule has 0 saturated heterocycles. The fourth-order valence-electron chi connectivity index (χ4n) is 2.79. The van der Waals surface area contributed by atoms with Crippen molar-refractivity contribution in [2.75, 3.05) is 0 Å². The van der Waals surface area contributed by atoms with Gasteiger partial charge in [0.15, 0.2) is 0 Å². The summed E-state index contributed by atoms with van der Waals surface area (Å²) in [4.78, 5) is 23.2. The summed E-state index contributed by atoms with van der Waals surface area (Å²) < 4.78 is 5.34. The third-order valence-electron chi connectivity index (χ3n) is 4.08. The maximum atomic E-state index is 12.2. The van der Waals surface area contributed by atoms with Gasteiger partial charge in [0, 0.05) is 16.0 Å². The number of carbonyl (C=O) groups excluding carboxylic acids is 1. The van der Waals surface area contributed by atoms with Crippen molar-refractivity contribution in [3.05, 3.63) is 57.0 Å². The number of hydrogen-bond acceptors (Lipinski definition) is 3. The van der Waals surface area contributed by atoms with Crippen LogP contribution in [-0.4, -0.2) is 17.0 Å². The summed E-state index contributed by atoms with van der Waals surface area (Å²) in [5.74, 6) is -0.425. The first-order chi connectivity index (χ1) is 11.3.